The van der Waals surface area contributed by atoms with Crippen LogP contribution in [-0.4, -0.2) is 58.7 Å². The van der Waals surface area contributed by atoms with Gasteiger partial charge >= 0.3 is 0 Å². The summed E-state index contributed by atoms with van der Waals surface area (Å²) in [5.74, 6) is 1.03. The molecule has 152 valence electrons. The molecule has 2 aliphatic rings. The summed E-state index contributed by atoms with van der Waals surface area (Å²) in [6.45, 7) is 2.05. The number of rotatable bonds is 4. The Labute approximate surface area is 183 Å². The van der Waals surface area contributed by atoms with E-state index in [1.807, 2.05) is 18.2 Å². The molecule has 6 nitrogen and oxygen atoms in total. The summed E-state index contributed by atoms with van der Waals surface area (Å²) in [5.41, 5.74) is 0.993. The van der Waals surface area contributed by atoms with Gasteiger partial charge in [-0.2, -0.15) is 0 Å². The average Bonchev–Trinajstić information content (AvgIpc) is 2.98. The van der Waals surface area contributed by atoms with Crippen LogP contribution in [0.1, 0.15) is 24.8 Å². The van der Waals surface area contributed by atoms with Gasteiger partial charge in [-0.15, -0.1) is 24.0 Å². The van der Waals surface area contributed by atoms with Gasteiger partial charge in [0.15, 0.2) is 15.8 Å². The molecule has 9 heteroatoms. The minimum atomic E-state index is -2.92. The van der Waals surface area contributed by atoms with E-state index in [-0.39, 0.29) is 46.9 Å². The SMILES string of the molecule is CN=C(NCC1(c2ccccc2Cl)CCOCC1)NC1CCS(=O)(=O)C1.I. The number of guanidine groups is 1. The summed E-state index contributed by atoms with van der Waals surface area (Å²) >= 11 is 6.48. The van der Waals surface area contributed by atoms with Gasteiger partial charge in [-0.1, -0.05) is 29.8 Å². The van der Waals surface area contributed by atoms with Crippen molar-refractivity contribution in [1.82, 2.24) is 10.6 Å². The number of sulfone groups is 1. The molecular weight excluding hydrogens is 501 g/mol. The van der Waals surface area contributed by atoms with Gasteiger partial charge in [0.1, 0.15) is 0 Å². The van der Waals surface area contributed by atoms with Crippen molar-refractivity contribution in [3.8, 4) is 0 Å². The lowest BCUT2D eigenvalue weighted by Gasteiger charge is -2.39. The third-order valence-electron chi connectivity index (χ3n) is 5.29. The number of halogens is 2. The van der Waals surface area contributed by atoms with Gasteiger partial charge in [-0.25, -0.2) is 8.42 Å². The fraction of sp³-hybridized carbons (Fsp3) is 0.611. The second-order valence-electron chi connectivity index (χ2n) is 7.04. The van der Waals surface area contributed by atoms with E-state index in [9.17, 15) is 8.42 Å². The van der Waals surface area contributed by atoms with Crippen LogP contribution in [0, 0.1) is 0 Å². The highest BCUT2D eigenvalue weighted by atomic mass is 127. The van der Waals surface area contributed by atoms with Gasteiger partial charge in [-0.3, -0.25) is 4.99 Å². The Bertz CT molecular complexity index is 767. The van der Waals surface area contributed by atoms with E-state index < -0.39 is 9.84 Å². The second kappa shape index (κ2) is 9.76. The van der Waals surface area contributed by atoms with Crippen LogP contribution in [0.25, 0.3) is 0 Å². The monoisotopic (exact) mass is 527 g/mol. The Hall–Kier alpha value is -0.580. The Kier molecular flexibility index (Phi) is 8.20. The summed E-state index contributed by atoms with van der Waals surface area (Å²) in [7, 11) is -1.23. The highest BCUT2D eigenvalue weighted by molar-refractivity contribution is 14.0. The maximum atomic E-state index is 11.7. The zero-order valence-electron chi connectivity index (χ0n) is 15.4. The summed E-state index contributed by atoms with van der Waals surface area (Å²) in [6, 6.07) is 7.86. The van der Waals surface area contributed by atoms with Crippen LogP contribution in [0.15, 0.2) is 29.3 Å². The number of aliphatic imine (C=N–C) groups is 1. The topological polar surface area (TPSA) is 79.8 Å². The summed E-state index contributed by atoms with van der Waals surface area (Å²) in [5, 5.41) is 7.39. The third-order valence-corrected chi connectivity index (χ3v) is 7.38. The van der Waals surface area contributed by atoms with Gasteiger partial charge in [0.05, 0.1) is 11.5 Å². The molecule has 0 bridgehead atoms. The molecular formula is C18H27ClIN3O3S. The van der Waals surface area contributed by atoms with E-state index in [2.05, 4.69) is 21.7 Å². The van der Waals surface area contributed by atoms with Gasteiger partial charge in [0.25, 0.3) is 0 Å². The highest BCUT2D eigenvalue weighted by Crippen LogP contribution is 2.38. The van der Waals surface area contributed by atoms with E-state index in [1.54, 1.807) is 7.05 Å². The molecule has 0 amide bonds. The molecule has 1 unspecified atom stereocenters. The molecule has 0 radical (unpaired) electrons. The third kappa shape index (κ3) is 5.71. The molecule has 2 aliphatic heterocycles. The first-order valence-corrected chi connectivity index (χ1v) is 11.1. The van der Waals surface area contributed by atoms with Crippen molar-refractivity contribution < 1.29 is 13.2 Å². The van der Waals surface area contributed by atoms with Crippen molar-refractivity contribution in [1.29, 1.82) is 0 Å². The van der Waals surface area contributed by atoms with E-state index in [0.29, 0.717) is 32.1 Å². The maximum absolute atomic E-state index is 11.7. The number of benzene rings is 1. The number of hydrogen-bond donors (Lipinski definition) is 2. The van der Waals surface area contributed by atoms with Crippen molar-refractivity contribution in [3.05, 3.63) is 34.9 Å². The lowest BCUT2D eigenvalue weighted by molar-refractivity contribution is 0.0514. The molecule has 2 heterocycles. The lowest BCUT2D eigenvalue weighted by atomic mass is 9.74. The molecule has 1 atom stereocenters. The maximum Gasteiger partial charge on any atom is 0.191 e. The standard InChI is InChI=1S/C18H26ClN3O3S.HI/c1-20-17(22-14-6-11-26(23,24)12-14)21-13-18(7-9-25-10-8-18)15-4-2-3-5-16(15)19;/h2-5,14H,6-13H2,1H3,(H2,20,21,22);1H. The van der Waals surface area contributed by atoms with Crippen molar-refractivity contribution in [2.45, 2.75) is 30.7 Å². The van der Waals surface area contributed by atoms with E-state index in [0.717, 1.165) is 23.4 Å². The Morgan fingerprint density at radius 2 is 2.04 bits per heavy atom. The van der Waals surface area contributed by atoms with Crippen LogP contribution in [0.4, 0.5) is 0 Å². The summed E-state index contributed by atoms with van der Waals surface area (Å²) < 4.78 is 28.9. The molecule has 0 saturated carbocycles. The van der Waals surface area contributed by atoms with Crippen LogP contribution in [0.3, 0.4) is 0 Å². The molecule has 2 saturated heterocycles. The van der Waals surface area contributed by atoms with Crippen molar-refractivity contribution >= 4 is 51.4 Å². The Morgan fingerprint density at radius 1 is 1.33 bits per heavy atom. The van der Waals surface area contributed by atoms with Crippen molar-refractivity contribution in [3.63, 3.8) is 0 Å². The van der Waals surface area contributed by atoms with Crippen LogP contribution in [0.2, 0.25) is 5.02 Å². The number of nitrogens with zero attached hydrogens (tertiary/aromatic N) is 1. The largest absolute Gasteiger partial charge is 0.381 e. The number of hydrogen-bond acceptors (Lipinski definition) is 4. The zero-order chi connectivity index (χ0) is 18.6. The zero-order valence-corrected chi connectivity index (χ0v) is 19.3. The molecule has 1 aromatic carbocycles. The number of nitrogens with one attached hydrogen (secondary N) is 2. The highest BCUT2D eigenvalue weighted by Gasteiger charge is 2.36. The summed E-state index contributed by atoms with van der Waals surface area (Å²) in [6.07, 6.45) is 2.36. The van der Waals surface area contributed by atoms with Crippen molar-refractivity contribution in [2.24, 2.45) is 4.99 Å². The average molecular weight is 528 g/mol. The van der Waals surface area contributed by atoms with E-state index in [1.165, 1.54) is 0 Å². The fourth-order valence-corrected chi connectivity index (χ4v) is 5.75. The quantitative estimate of drug-likeness (QED) is 0.357. The molecule has 0 aliphatic carbocycles. The fourth-order valence-electron chi connectivity index (χ4n) is 3.74. The normalized spacial score (nSPS) is 24.1. The molecule has 0 aromatic heterocycles. The molecule has 2 fully saturated rings. The van der Waals surface area contributed by atoms with Crippen LogP contribution in [-0.2, 0) is 20.0 Å². The van der Waals surface area contributed by atoms with Gasteiger partial charge in [0, 0.05) is 43.3 Å². The first-order chi connectivity index (χ1) is 12.4. The molecule has 2 N–H and O–H groups in total. The molecule has 1 aromatic rings. The molecule has 0 spiro atoms. The predicted molar refractivity (Wildman–Crippen MR) is 120 cm³/mol. The van der Waals surface area contributed by atoms with Crippen molar-refractivity contribution in [2.75, 3.05) is 38.3 Å². The van der Waals surface area contributed by atoms with Gasteiger partial charge < -0.3 is 15.4 Å². The minimum Gasteiger partial charge on any atom is -0.381 e. The Balaban J connectivity index is 0.00000261. The summed E-state index contributed by atoms with van der Waals surface area (Å²) in [4.78, 5) is 4.27. The molecule has 3 rings (SSSR count). The van der Waals surface area contributed by atoms with E-state index in [4.69, 9.17) is 16.3 Å². The lowest BCUT2D eigenvalue weighted by Crippen LogP contribution is -2.50. The molecule has 27 heavy (non-hydrogen) atoms. The second-order valence-corrected chi connectivity index (χ2v) is 9.68. The van der Waals surface area contributed by atoms with Gasteiger partial charge in [-0.05, 0) is 30.9 Å². The number of ether oxygens (including phenoxy) is 1. The first kappa shape index (κ1) is 22.7. The predicted octanol–water partition coefficient (Wildman–Crippen LogP) is 2.36. The van der Waals surface area contributed by atoms with Gasteiger partial charge in [0.2, 0.25) is 0 Å². The first-order valence-electron chi connectivity index (χ1n) is 8.94. The van der Waals surface area contributed by atoms with Crippen LogP contribution in [0.5, 0.6) is 0 Å². The Morgan fingerprint density at radius 3 is 2.63 bits per heavy atom. The van der Waals surface area contributed by atoms with Crippen LogP contribution >= 0.6 is 35.6 Å². The van der Waals surface area contributed by atoms with Crippen LogP contribution < -0.4 is 10.6 Å². The smallest absolute Gasteiger partial charge is 0.191 e. The minimum absolute atomic E-state index is 0. The van der Waals surface area contributed by atoms with E-state index >= 15 is 0 Å².